The second-order valence-corrected chi connectivity index (χ2v) is 6.72. The van der Waals surface area contributed by atoms with E-state index in [1.165, 1.54) is 6.08 Å². The second kappa shape index (κ2) is 10.1. The maximum Gasteiger partial charge on any atom is 0.248 e. The normalized spacial score (nSPS) is 14.5. The van der Waals surface area contributed by atoms with Gasteiger partial charge in [0.2, 0.25) is 5.91 Å². The average Bonchev–Trinajstić information content (AvgIpc) is 3.36. The van der Waals surface area contributed by atoms with Crippen molar-refractivity contribution in [2.24, 2.45) is 0 Å². The Morgan fingerprint density at radius 1 is 1.28 bits per heavy atom. The fourth-order valence-corrected chi connectivity index (χ4v) is 2.95. The highest BCUT2D eigenvalue weighted by atomic mass is 16.6. The summed E-state index contributed by atoms with van der Waals surface area (Å²) in [5, 5.41) is 16.5. The third kappa shape index (κ3) is 5.23. The van der Waals surface area contributed by atoms with Gasteiger partial charge in [0.1, 0.15) is 19.0 Å². The largest absolute Gasteiger partial charge is 0.485 e. The molecule has 9 nitrogen and oxygen atoms in total. The molecule has 0 fully saturated rings. The van der Waals surface area contributed by atoms with Crippen LogP contribution in [0.3, 0.4) is 0 Å². The number of benzene rings is 2. The standard InChI is InChI=1S/C23H21N5O4/c1-2-3-4-14-30-17-11-8-16(9-12-17)10-13-21(29)24-18-6-5-7-19-22(18)32-20(15-31-19)23-25-27-28-26-23/h5-13,20H,2,14-15H2,1H3,(H,24,29)(H,25,26,27,28). The molecule has 0 spiro atoms. The molecule has 32 heavy (non-hydrogen) atoms. The number of rotatable bonds is 6. The third-order valence-electron chi connectivity index (χ3n) is 4.47. The van der Waals surface area contributed by atoms with E-state index < -0.39 is 6.10 Å². The van der Waals surface area contributed by atoms with Crippen LogP contribution in [0.2, 0.25) is 0 Å². The fraction of sp³-hybridized carbons (Fsp3) is 0.217. The monoisotopic (exact) mass is 431 g/mol. The van der Waals surface area contributed by atoms with Gasteiger partial charge >= 0.3 is 0 Å². The van der Waals surface area contributed by atoms with Crippen LogP contribution >= 0.6 is 0 Å². The lowest BCUT2D eigenvalue weighted by atomic mass is 10.2. The molecule has 1 aromatic heterocycles. The summed E-state index contributed by atoms with van der Waals surface area (Å²) in [5.41, 5.74) is 1.35. The predicted octanol–water partition coefficient (Wildman–Crippen LogP) is 3.16. The van der Waals surface area contributed by atoms with E-state index in [0.717, 1.165) is 17.7 Å². The molecule has 3 aromatic rings. The number of fused-ring (bicyclic) bond motifs is 1. The number of carbonyl (C=O) groups excluding carboxylic acids is 1. The number of anilines is 1. The molecule has 4 rings (SSSR count). The number of hydrogen-bond acceptors (Lipinski definition) is 7. The van der Waals surface area contributed by atoms with Crippen molar-refractivity contribution in [1.82, 2.24) is 20.6 Å². The quantitative estimate of drug-likeness (QED) is 0.455. The Morgan fingerprint density at radius 3 is 2.94 bits per heavy atom. The van der Waals surface area contributed by atoms with Gasteiger partial charge < -0.3 is 19.5 Å². The van der Waals surface area contributed by atoms with Crippen molar-refractivity contribution in [3.63, 3.8) is 0 Å². The number of aromatic nitrogens is 4. The first-order valence-corrected chi connectivity index (χ1v) is 10.1. The Kier molecular flexibility index (Phi) is 6.63. The van der Waals surface area contributed by atoms with Crippen molar-refractivity contribution in [3.8, 4) is 29.1 Å². The fourth-order valence-electron chi connectivity index (χ4n) is 2.95. The number of para-hydroxylation sites is 1. The minimum atomic E-state index is -0.500. The average molecular weight is 431 g/mol. The summed E-state index contributed by atoms with van der Waals surface area (Å²) < 4.78 is 17.2. The van der Waals surface area contributed by atoms with Crippen LogP contribution in [0.15, 0.2) is 48.5 Å². The topological polar surface area (TPSA) is 111 Å². The highest BCUT2D eigenvalue weighted by molar-refractivity contribution is 6.03. The molecule has 1 amide bonds. The molecule has 1 aliphatic heterocycles. The van der Waals surface area contributed by atoms with Gasteiger partial charge in [0.15, 0.2) is 23.4 Å². The molecule has 2 N–H and O–H groups in total. The summed E-state index contributed by atoms with van der Waals surface area (Å²) in [5.74, 6) is 7.70. The zero-order valence-corrected chi connectivity index (χ0v) is 17.4. The molecule has 0 radical (unpaired) electrons. The van der Waals surface area contributed by atoms with Crippen molar-refractivity contribution >= 4 is 17.7 Å². The molecule has 0 saturated heterocycles. The van der Waals surface area contributed by atoms with Crippen LogP contribution in [0, 0.1) is 11.8 Å². The van der Waals surface area contributed by atoms with Gasteiger partial charge in [0.25, 0.3) is 0 Å². The zero-order chi connectivity index (χ0) is 22.2. The maximum absolute atomic E-state index is 12.5. The number of tetrazole rings is 1. The molecule has 0 bridgehead atoms. The molecule has 0 aliphatic carbocycles. The lowest BCUT2D eigenvalue weighted by Gasteiger charge is -2.26. The maximum atomic E-state index is 12.5. The van der Waals surface area contributed by atoms with E-state index in [4.69, 9.17) is 14.2 Å². The van der Waals surface area contributed by atoms with Crippen LogP contribution in [0.25, 0.3) is 6.08 Å². The summed E-state index contributed by atoms with van der Waals surface area (Å²) in [6.07, 6.45) is 3.47. The number of H-pyrrole nitrogens is 1. The van der Waals surface area contributed by atoms with Gasteiger partial charge in [0, 0.05) is 12.5 Å². The lowest BCUT2D eigenvalue weighted by Crippen LogP contribution is -2.24. The van der Waals surface area contributed by atoms with Crippen LogP contribution in [-0.4, -0.2) is 39.7 Å². The van der Waals surface area contributed by atoms with Crippen molar-refractivity contribution in [3.05, 3.63) is 59.9 Å². The van der Waals surface area contributed by atoms with E-state index in [1.54, 1.807) is 24.3 Å². The molecule has 0 saturated carbocycles. The van der Waals surface area contributed by atoms with E-state index in [2.05, 4.69) is 37.8 Å². The number of ether oxygens (including phenoxy) is 3. The molecular formula is C23H21N5O4. The van der Waals surface area contributed by atoms with E-state index in [1.807, 2.05) is 31.2 Å². The summed E-state index contributed by atoms with van der Waals surface area (Å²) in [6, 6.07) is 12.7. The second-order valence-electron chi connectivity index (χ2n) is 6.72. The number of nitrogens with zero attached hydrogens (tertiary/aromatic N) is 3. The first-order valence-electron chi connectivity index (χ1n) is 10.1. The van der Waals surface area contributed by atoms with Gasteiger partial charge in [-0.15, -0.1) is 11.0 Å². The van der Waals surface area contributed by atoms with Crippen LogP contribution in [-0.2, 0) is 4.79 Å². The summed E-state index contributed by atoms with van der Waals surface area (Å²) in [6.45, 7) is 2.60. The Morgan fingerprint density at radius 2 is 2.16 bits per heavy atom. The molecule has 1 unspecified atom stereocenters. The van der Waals surface area contributed by atoms with Crippen LogP contribution in [0.5, 0.6) is 17.2 Å². The Balaban J connectivity index is 1.38. The number of carbonyl (C=O) groups is 1. The molecule has 162 valence electrons. The molecule has 2 heterocycles. The van der Waals surface area contributed by atoms with Gasteiger partial charge in [-0.3, -0.25) is 4.79 Å². The number of nitrogens with one attached hydrogen (secondary N) is 2. The lowest BCUT2D eigenvalue weighted by molar-refractivity contribution is -0.111. The minimum absolute atomic E-state index is 0.256. The summed E-state index contributed by atoms with van der Waals surface area (Å²) in [4.78, 5) is 12.5. The number of aromatic amines is 1. The van der Waals surface area contributed by atoms with Gasteiger partial charge in [-0.2, -0.15) is 0 Å². The highest BCUT2D eigenvalue weighted by Crippen LogP contribution is 2.41. The van der Waals surface area contributed by atoms with Gasteiger partial charge in [-0.1, -0.05) is 31.0 Å². The van der Waals surface area contributed by atoms with Gasteiger partial charge in [0.05, 0.1) is 5.69 Å². The first-order chi connectivity index (χ1) is 15.7. The van der Waals surface area contributed by atoms with E-state index in [9.17, 15) is 4.79 Å². The molecule has 1 aliphatic rings. The Hall–Kier alpha value is -4.32. The number of hydrogen-bond donors (Lipinski definition) is 2. The van der Waals surface area contributed by atoms with Crippen molar-refractivity contribution in [2.75, 3.05) is 18.5 Å². The van der Waals surface area contributed by atoms with Gasteiger partial charge in [-0.25, -0.2) is 5.10 Å². The summed E-state index contributed by atoms with van der Waals surface area (Å²) >= 11 is 0. The Bertz CT molecular complexity index is 1150. The third-order valence-corrected chi connectivity index (χ3v) is 4.47. The van der Waals surface area contributed by atoms with Crippen LogP contribution in [0.4, 0.5) is 5.69 Å². The van der Waals surface area contributed by atoms with Crippen LogP contribution in [0.1, 0.15) is 30.8 Å². The Labute approximate surface area is 184 Å². The van der Waals surface area contributed by atoms with E-state index in [0.29, 0.717) is 29.6 Å². The molecular weight excluding hydrogens is 410 g/mol. The van der Waals surface area contributed by atoms with Gasteiger partial charge in [-0.05, 0) is 46.3 Å². The smallest absolute Gasteiger partial charge is 0.248 e. The van der Waals surface area contributed by atoms with E-state index in [-0.39, 0.29) is 12.5 Å². The van der Waals surface area contributed by atoms with Crippen molar-refractivity contribution in [1.29, 1.82) is 0 Å². The van der Waals surface area contributed by atoms with Crippen molar-refractivity contribution < 1.29 is 19.0 Å². The van der Waals surface area contributed by atoms with Crippen LogP contribution < -0.4 is 19.5 Å². The molecule has 2 aromatic carbocycles. The SMILES string of the molecule is CCC#CCOc1ccc(C=CC(=O)Nc2cccc3c2OC(c2nnn[nH]2)CO3)cc1. The van der Waals surface area contributed by atoms with Crippen molar-refractivity contribution in [2.45, 2.75) is 19.4 Å². The molecule has 9 heteroatoms. The summed E-state index contributed by atoms with van der Waals surface area (Å²) in [7, 11) is 0. The first kappa shape index (κ1) is 20.9. The zero-order valence-electron chi connectivity index (χ0n) is 17.4. The number of amides is 1. The van der Waals surface area contributed by atoms with E-state index >= 15 is 0 Å². The highest BCUT2D eigenvalue weighted by Gasteiger charge is 2.27. The minimum Gasteiger partial charge on any atom is -0.485 e. The molecule has 1 atom stereocenters. The predicted molar refractivity (Wildman–Crippen MR) is 117 cm³/mol.